The van der Waals surface area contributed by atoms with Crippen LogP contribution in [0.15, 0.2) is 36.7 Å². The Morgan fingerprint density at radius 1 is 1.03 bits per heavy atom. The highest BCUT2D eigenvalue weighted by Crippen LogP contribution is 2.45. The first-order chi connectivity index (χ1) is 18.2. The van der Waals surface area contributed by atoms with Gasteiger partial charge in [-0.15, -0.1) is 0 Å². The molecule has 0 saturated heterocycles. The van der Waals surface area contributed by atoms with Crippen molar-refractivity contribution in [2.75, 3.05) is 11.1 Å². The molecule has 3 N–H and O–H groups in total. The van der Waals surface area contributed by atoms with Gasteiger partial charge in [-0.1, -0.05) is 19.1 Å². The Labute approximate surface area is 217 Å². The number of imidazole rings is 1. The van der Waals surface area contributed by atoms with Crippen LogP contribution in [0.4, 0.5) is 38.0 Å². The van der Waals surface area contributed by atoms with Gasteiger partial charge in [-0.3, -0.25) is 4.79 Å². The van der Waals surface area contributed by atoms with Gasteiger partial charge in [0.15, 0.2) is 11.5 Å². The summed E-state index contributed by atoms with van der Waals surface area (Å²) in [6.07, 6.45) is -4.46. The first kappa shape index (κ1) is 26.4. The molecule has 1 atom stereocenters. The predicted octanol–water partition coefficient (Wildman–Crippen LogP) is 4.86. The number of hydrogen-bond donors (Lipinski definition) is 2. The second-order valence-electron chi connectivity index (χ2n) is 9.33. The maximum atomic E-state index is 13.7. The summed E-state index contributed by atoms with van der Waals surface area (Å²) >= 11 is 0. The summed E-state index contributed by atoms with van der Waals surface area (Å²) < 4.78 is 80.7. The van der Waals surface area contributed by atoms with Gasteiger partial charge in [-0.2, -0.15) is 22.0 Å². The van der Waals surface area contributed by atoms with E-state index in [4.69, 9.17) is 5.73 Å². The number of fused-ring (bicyclic) bond motifs is 2. The first-order valence-corrected chi connectivity index (χ1v) is 11.8. The number of nitrogens with zero attached hydrogens (tertiary/aromatic N) is 5. The third-order valence-electron chi connectivity index (χ3n) is 6.78. The molecule has 4 aromatic rings. The van der Waals surface area contributed by atoms with Gasteiger partial charge in [-0.25, -0.2) is 24.3 Å². The zero-order chi connectivity index (χ0) is 28.3. The molecule has 0 bridgehead atoms. The number of alkyl halides is 5. The lowest BCUT2D eigenvalue weighted by atomic mass is 9.78. The molecule has 14 heteroatoms. The molecule has 0 fully saturated rings. The van der Waals surface area contributed by atoms with Crippen LogP contribution in [0, 0.1) is 5.82 Å². The maximum absolute atomic E-state index is 13.7. The number of nitrogens with two attached hydrogens (primary N) is 1. The molecule has 1 unspecified atom stereocenters. The third kappa shape index (κ3) is 4.33. The smallest absolute Gasteiger partial charge is 0.383 e. The number of anilines is 2. The van der Waals surface area contributed by atoms with E-state index in [9.17, 15) is 31.1 Å². The van der Waals surface area contributed by atoms with E-state index in [-0.39, 0.29) is 40.1 Å². The molecule has 0 radical (unpaired) electrons. The van der Waals surface area contributed by atoms with E-state index in [2.05, 4.69) is 25.3 Å². The Morgan fingerprint density at radius 3 is 2.36 bits per heavy atom. The molecule has 39 heavy (non-hydrogen) atoms. The minimum absolute atomic E-state index is 0.0204. The topological polar surface area (TPSA) is 111 Å². The molecule has 1 aliphatic rings. The van der Waals surface area contributed by atoms with E-state index in [1.165, 1.54) is 34.9 Å². The van der Waals surface area contributed by atoms with Crippen molar-refractivity contribution >= 4 is 23.2 Å². The number of benzene rings is 1. The third-order valence-corrected chi connectivity index (χ3v) is 6.78. The average Bonchev–Trinajstić information content (AvgIpc) is 3.40. The highest BCUT2D eigenvalue weighted by molar-refractivity contribution is 6.09. The van der Waals surface area contributed by atoms with Gasteiger partial charge in [0.05, 0.1) is 17.0 Å². The fourth-order valence-electron chi connectivity index (χ4n) is 4.56. The number of nitrogen functional groups attached to an aromatic ring is 1. The molecular weight excluding hydrogens is 528 g/mol. The highest BCUT2D eigenvalue weighted by Gasteiger charge is 2.56. The average molecular weight is 549 g/mol. The van der Waals surface area contributed by atoms with Crippen molar-refractivity contribution in [3.8, 4) is 11.5 Å². The van der Waals surface area contributed by atoms with Crippen molar-refractivity contribution in [3.63, 3.8) is 0 Å². The van der Waals surface area contributed by atoms with Crippen LogP contribution >= 0.6 is 0 Å². The maximum Gasteiger partial charge on any atom is 0.453 e. The molecule has 1 amide bonds. The lowest BCUT2D eigenvalue weighted by Gasteiger charge is -2.23. The first-order valence-electron chi connectivity index (χ1n) is 11.8. The zero-order valence-electron chi connectivity index (χ0n) is 20.6. The Hall–Kier alpha value is -4.23. The van der Waals surface area contributed by atoms with Gasteiger partial charge in [-0.05, 0) is 37.5 Å². The van der Waals surface area contributed by atoms with Crippen molar-refractivity contribution in [2.45, 2.75) is 50.6 Å². The number of nitrogens with one attached hydrogen (secondary N) is 1. The Kier molecular flexibility index (Phi) is 6.03. The van der Waals surface area contributed by atoms with E-state index in [1.807, 2.05) is 0 Å². The number of aromatic nitrogens is 5. The van der Waals surface area contributed by atoms with Crippen LogP contribution in [0.2, 0.25) is 0 Å². The number of amides is 1. The number of halogens is 6. The normalized spacial score (nSPS) is 17.5. The molecule has 3 aromatic heterocycles. The lowest BCUT2D eigenvalue weighted by molar-refractivity contribution is -0.284. The molecule has 4 heterocycles. The molecule has 0 aliphatic carbocycles. The van der Waals surface area contributed by atoms with Crippen molar-refractivity contribution in [2.24, 2.45) is 0 Å². The summed E-state index contributed by atoms with van der Waals surface area (Å²) in [5.41, 5.74) is 6.23. The van der Waals surface area contributed by atoms with E-state index in [0.717, 1.165) is 0 Å². The van der Waals surface area contributed by atoms with Crippen LogP contribution in [0.5, 0.6) is 0 Å². The fraction of sp³-hybridized carbons (Fsp3) is 0.320. The zero-order valence-corrected chi connectivity index (χ0v) is 20.6. The van der Waals surface area contributed by atoms with Crippen molar-refractivity contribution in [1.29, 1.82) is 0 Å². The molecule has 5 rings (SSSR count). The Balaban J connectivity index is 1.60. The number of hydrogen-bond acceptors (Lipinski definition) is 6. The van der Waals surface area contributed by atoms with Crippen molar-refractivity contribution in [3.05, 3.63) is 65.0 Å². The van der Waals surface area contributed by atoms with Crippen LogP contribution in [-0.2, 0) is 23.1 Å². The minimum Gasteiger partial charge on any atom is -0.383 e. The second kappa shape index (κ2) is 8.92. The summed E-state index contributed by atoms with van der Waals surface area (Å²) in [6.45, 7) is 3.39. The summed E-state index contributed by atoms with van der Waals surface area (Å²) in [4.78, 5) is 30.3. The summed E-state index contributed by atoms with van der Waals surface area (Å²) in [5, 5.41) is 2.64. The number of carbonyl (C=O) groups excluding carboxylic acids is 1. The highest BCUT2D eigenvalue weighted by atomic mass is 19.4. The van der Waals surface area contributed by atoms with Crippen LogP contribution < -0.4 is 11.1 Å². The van der Waals surface area contributed by atoms with Gasteiger partial charge in [0.2, 0.25) is 5.91 Å². The van der Waals surface area contributed by atoms with E-state index in [0.29, 0.717) is 17.7 Å². The van der Waals surface area contributed by atoms with E-state index < -0.39 is 42.1 Å². The predicted molar refractivity (Wildman–Crippen MR) is 129 cm³/mol. The van der Waals surface area contributed by atoms with Crippen molar-refractivity contribution in [1.82, 2.24) is 24.3 Å². The van der Waals surface area contributed by atoms with Crippen LogP contribution in [0.1, 0.15) is 42.8 Å². The SMILES string of the molecule is CCc1cn2cc(-c3nc(N)c4c(n3)NC(=O)C4(C)c3ccc(F)cc3)nc(CCC(F)(F)C(F)(F)F)c2n1. The number of aryl methyl sites for hydroxylation is 2. The molecule has 1 aliphatic heterocycles. The fourth-order valence-corrected chi connectivity index (χ4v) is 4.56. The van der Waals surface area contributed by atoms with E-state index in [1.54, 1.807) is 20.0 Å². The minimum atomic E-state index is -5.71. The van der Waals surface area contributed by atoms with Crippen LogP contribution in [0.25, 0.3) is 17.2 Å². The summed E-state index contributed by atoms with van der Waals surface area (Å²) in [7, 11) is 0. The quantitative estimate of drug-likeness (QED) is 0.333. The largest absolute Gasteiger partial charge is 0.453 e. The van der Waals surface area contributed by atoms with Crippen LogP contribution in [0.3, 0.4) is 0 Å². The van der Waals surface area contributed by atoms with Crippen LogP contribution in [-0.4, -0.2) is 42.3 Å². The van der Waals surface area contributed by atoms with E-state index >= 15 is 0 Å². The molecule has 1 aromatic carbocycles. The van der Waals surface area contributed by atoms with Crippen molar-refractivity contribution < 1.29 is 31.1 Å². The number of carbonyl (C=O) groups is 1. The molecule has 0 spiro atoms. The van der Waals surface area contributed by atoms with Gasteiger partial charge >= 0.3 is 12.1 Å². The Bertz CT molecular complexity index is 1600. The summed E-state index contributed by atoms with van der Waals surface area (Å²) in [6, 6.07) is 5.30. The monoisotopic (exact) mass is 549 g/mol. The standard InChI is InChI=1S/C25H21F6N7O/c1-3-14-10-38-11-16(34-15(21(38)33-14)8-9-24(27,28)25(29,30)31)19-35-18(32)17-20(36-19)37-22(39)23(17,2)12-4-6-13(26)7-5-12/h4-7,10-11H,3,8-9H2,1-2H3,(H3,32,35,36,37,39). The lowest BCUT2D eigenvalue weighted by Crippen LogP contribution is -2.36. The molecular formula is C25H21F6N7O. The second-order valence-corrected chi connectivity index (χ2v) is 9.33. The van der Waals surface area contributed by atoms with Gasteiger partial charge in [0.1, 0.15) is 28.6 Å². The van der Waals surface area contributed by atoms with Gasteiger partial charge in [0.25, 0.3) is 0 Å². The summed E-state index contributed by atoms with van der Waals surface area (Å²) in [5.74, 6) is -6.01. The molecule has 0 saturated carbocycles. The molecule has 204 valence electrons. The number of rotatable bonds is 6. The Morgan fingerprint density at radius 2 is 1.72 bits per heavy atom. The van der Waals surface area contributed by atoms with Gasteiger partial charge in [0, 0.05) is 18.8 Å². The van der Waals surface area contributed by atoms with Gasteiger partial charge < -0.3 is 15.5 Å². The molecule has 8 nitrogen and oxygen atoms in total.